The van der Waals surface area contributed by atoms with E-state index in [1.165, 1.54) is 0 Å². The van der Waals surface area contributed by atoms with Gasteiger partial charge in [-0.1, -0.05) is 0 Å². The van der Waals surface area contributed by atoms with Crippen molar-refractivity contribution in [2.24, 2.45) is 0 Å². The molecule has 7 heteroatoms. The molecule has 3 rings (SSSR count). The lowest BCUT2D eigenvalue weighted by molar-refractivity contribution is 0.0956. The average Bonchev–Trinajstić information content (AvgIpc) is 3.02. The molecule has 2 heterocycles. The Hall–Kier alpha value is -2.67. The van der Waals surface area contributed by atoms with Crippen molar-refractivity contribution in [2.45, 2.75) is 26.8 Å². The molecule has 3 N–H and O–H groups in total. The lowest BCUT2D eigenvalue weighted by Gasteiger charge is -2.16. The van der Waals surface area contributed by atoms with E-state index in [0.29, 0.717) is 17.9 Å². The third-order valence-electron chi connectivity index (χ3n) is 3.53. The lowest BCUT2D eigenvalue weighted by Crippen LogP contribution is -2.25. The molecule has 0 spiro atoms. The predicted octanol–water partition coefficient (Wildman–Crippen LogP) is 4.00. The fraction of sp³-hybridized carbons (Fsp3) is 0.278. The van der Waals surface area contributed by atoms with Crippen molar-refractivity contribution in [1.82, 2.24) is 15.3 Å². The van der Waals surface area contributed by atoms with Gasteiger partial charge in [-0.05, 0) is 39.0 Å². The second-order valence-electron chi connectivity index (χ2n) is 5.93. The van der Waals surface area contributed by atoms with Crippen LogP contribution in [0.1, 0.15) is 31.1 Å². The Morgan fingerprint density at radius 1 is 1.24 bits per heavy atom. The minimum Gasteiger partial charge on any atom is -0.382 e. The molecule has 0 unspecified atom stereocenters. The smallest absolute Gasteiger partial charge is 0.254 e. The molecule has 0 atom stereocenters. The van der Waals surface area contributed by atoms with Gasteiger partial charge in [-0.2, -0.15) is 0 Å². The minimum absolute atomic E-state index is 0.129. The number of carbonyl (C=O) groups excluding carboxylic acids is 1. The Bertz CT molecular complexity index is 890. The number of anilines is 3. The zero-order chi connectivity index (χ0) is 17.8. The van der Waals surface area contributed by atoms with Crippen molar-refractivity contribution in [3.05, 3.63) is 41.5 Å². The summed E-state index contributed by atoms with van der Waals surface area (Å²) in [4.78, 5) is 20.9. The molecule has 1 aromatic carbocycles. The van der Waals surface area contributed by atoms with Gasteiger partial charge in [0.1, 0.15) is 5.82 Å². The molecule has 0 radical (unpaired) electrons. The fourth-order valence-electron chi connectivity index (χ4n) is 2.47. The molecule has 6 nitrogen and oxygen atoms in total. The number of hydrogen-bond donors (Lipinski definition) is 3. The molecular formula is C18H21N5OS. The van der Waals surface area contributed by atoms with Crippen LogP contribution in [0.25, 0.3) is 10.2 Å². The highest BCUT2D eigenvalue weighted by atomic mass is 32.1. The molecule has 25 heavy (non-hydrogen) atoms. The van der Waals surface area contributed by atoms with Crippen LogP contribution in [0.2, 0.25) is 0 Å². The van der Waals surface area contributed by atoms with E-state index in [9.17, 15) is 4.79 Å². The van der Waals surface area contributed by atoms with E-state index in [4.69, 9.17) is 0 Å². The van der Waals surface area contributed by atoms with Gasteiger partial charge in [-0.25, -0.2) is 9.97 Å². The first kappa shape index (κ1) is 17.2. The summed E-state index contributed by atoms with van der Waals surface area (Å²) in [5.74, 6) is 0.552. The van der Waals surface area contributed by atoms with E-state index in [2.05, 4.69) is 25.9 Å². The van der Waals surface area contributed by atoms with Gasteiger partial charge in [0, 0.05) is 30.5 Å². The molecule has 2 aromatic heterocycles. The van der Waals surface area contributed by atoms with Crippen LogP contribution >= 0.6 is 11.3 Å². The van der Waals surface area contributed by atoms with Crippen molar-refractivity contribution in [3.63, 3.8) is 0 Å². The van der Waals surface area contributed by atoms with Gasteiger partial charge < -0.3 is 16.0 Å². The molecule has 0 aliphatic rings. The van der Waals surface area contributed by atoms with Crippen LogP contribution in [0, 0.1) is 0 Å². The van der Waals surface area contributed by atoms with Crippen LogP contribution in [-0.4, -0.2) is 28.5 Å². The number of aromatic nitrogens is 2. The third kappa shape index (κ3) is 4.06. The normalized spacial score (nSPS) is 10.9. The summed E-state index contributed by atoms with van der Waals surface area (Å²) in [7, 11) is 0. The second-order valence-corrected chi connectivity index (χ2v) is 6.82. The van der Waals surface area contributed by atoms with Crippen molar-refractivity contribution in [2.75, 3.05) is 17.2 Å². The van der Waals surface area contributed by atoms with Crippen molar-refractivity contribution >= 4 is 44.7 Å². The Morgan fingerprint density at radius 3 is 2.84 bits per heavy atom. The van der Waals surface area contributed by atoms with Gasteiger partial charge in [0.15, 0.2) is 0 Å². The molecule has 0 bridgehead atoms. The molecule has 0 saturated carbocycles. The number of pyridine rings is 1. The summed E-state index contributed by atoms with van der Waals surface area (Å²) in [6.45, 7) is 6.54. The van der Waals surface area contributed by atoms with E-state index < -0.39 is 0 Å². The summed E-state index contributed by atoms with van der Waals surface area (Å²) in [5.41, 5.74) is 5.05. The number of carbonyl (C=O) groups is 1. The van der Waals surface area contributed by atoms with Gasteiger partial charge in [0.05, 0.1) is 27.0 Å². The average molecular weight is 355 g/mol. The van der Waals surface area contributed by atoms with Gasteiger partial charge in [0.2, 0.25) is 0 Å². The number of fused-ring (bicyclic) bond motifs is 1. The van der Waals surface area contributed by atoms with E-state index in [0.717, 1.165) is 21.6 Å². The first-order chi connectivity index (χ1) is 12.1. The number of amides is 1. The number of rotatable bonds is 6. The number of nitrogens with one attached hydrogen (secondary N) is 3. The summed E-state index contributed by atoms with van der Waals surface area (Å²) >= 11 is 1.60. The minimum atomic E-state index is -0.129. The van der Waals surface area contributed by atoms with Crippen molar-refractivity contribution in [1.29, 1.82) is 0 Å². The Labute approximate surface area is 150 Å². The predicted molar refractivity (Wildman–Crippen MR) is 104 cm³/mol. The van der Waals surface area contributed by atoms with Gasteiger partial charge in [-0.3, -0.25) is 4.79 Å². The SMILES string of the molecule is CCNC(=O)c1cnc(Nc2ccc3ncsc3c2)cc1NC(C)C. The topological polar surface area (TPSA) is 78.9 Å². The largest absolute Gasteiger partial charge is 0.382 e. The van der Waals surface area contributed by atoms with E-state index in [1.54, 1.807) is 17.5 Å². The first-order valence-corrected chi connectivity index (χ1v) is 9.10. The summed E-state index contributed by atoms with van der Waals surface area (Å²) < 4.78 is 1.12. The highest BCUT2D eigenvalue weighted by Crippen LogP contribution is 2.26. The molecule has 1 amide bonds. The van der Waals surface area contributed by atoms with Crippen LogP contribution in [0.3, 0.4) is 0 Å². The fourth-order valence-corrected chi connectivity index (χ4v) is 3.19. The maximum Gasteiger partial charge on any atom is 0.254 e. The maximum atomic E-state index is 12.2. The Morgan fingerprint density at radius 2 is 2.08 bits per heavy atom. The molecule has 130 valence electrons. The monoisotopic (exact) mass is 355 g/mol. The van der Waals surface area contributed by atoms with Gasteiger partial charge in [-0.15, -0.1) is 11.3 Å². The van der Waals surface area contributed by atoms with E-state index >= 15 is 0 Å². The van der Waals surface area contributed by atoms with Crippen LogP contribution in [0.15, 0.2) is 36.0 Å². The van der Waals surface area contributed by atoms with Gasteiger partial charge >= 0.3 is 0 Å². The van der Waals surface area contributed by atoms with Crippen LogP contribution < -0.4 is 16.0 Å². The number of thiazole rings is 1. The zero-order valence-electron chi connectivity index (χ0n) is 14.5. The standard InChI is InChI=1S/C18H21N5OS/c1-4-19-18(24)13-9-20-17(8-15(13)22-11(2)3)23-12-5-6-14-16(7-12)25-10-21-14/h5-11H,4H2,1-3H3,(H,19,24)(H2,20,22,23). The summed E-state index contributed by atoms with van der Waals surface area (Å²) in [5, 5.41) is 9.43. The van der Waals surface area contributed by atoms with Crippen molar-refractivity contribution < 1.29 is 4.79 Å². The van der Waals surface area contributed by atoms with Gasteiger partial charge in [0.25, 0.3) is 5.91 Å². The third-order valence-corrected chi connectivity index (χ3v) is 4.33. The molecule has 0 aliphatic carbocycles. The molecule has 3 aromatic rings. The molecular weight excluding hydrogens is 334 g/mol. The quantitative estimate of drug-likeness (QED) is 0.623. The zero-order valence-corrected chi connectivity index (χ0v) is 15.3. The number of nitrogens with zero attached hydrogens (tertiary/aromatic N) is 2. The number of hydrogen-bond acceptors (Lipinski definition) is 6. The highest BCUT2D eigenvalue weighted by Gasteiger charge is 2.13. The summed E-state index contributed by atoms with van der Waals surface area (Å²) in [6, 6.07) is 8.06. The first-order valence-electron chi connectivity index (χ1n) is 8.22. The van der Waals surface area contributed by atoms with Crippen LogP contribution in [0.4, 0.5) is 17.2 Å². The number of benzene rings is 1. The van der Waals surface area contributed by atoms with Crippen LogP contribution in [0.5, 0.6) is 0 Å². The van der Waals surface area contributed by atoms with Crippen LogP contribution in [-0.2, 0) is 0 Å². The van der Waals surface area contributed by atoms with E-state index in [1.807, 2.05) is 50.5 Å². The summed E-state index contributed by atoms with van der Waals surface area (Å²) in [6.07, 6.45) is 1.60. The molecule has 0 aliphatic heterocycles. The molecule has 0 saturated heterocycles. The lowest BCUT2D eigenvalue weighted by atomic mass is 10.2. The van der Waals surface area contributed by atoms with E-state index in [-0.39, 0.29) is 11.9 Å². The Kier molecular flexibility index (Phi) is 5.14. The Balaban J connectivity index is 1.89. The van der Waals surface area contributed by atoms with Crippen molar-refractivity contribution in [3.8, 4) is 0 Å². The maximum absolute atomic E-state index is 12.2. The second kappa shape index (κ2) is 7.48. The molecule has 0 fully saturated rings. The highest BCUT2D eigenvalue weighted by molar-refractivity contribution is 7.16.